The van der Waals surface area contributed by atoms with Crippen molar-refractivity contribution < 1.29 is 41.8 Å². The molecular formula is C29H27F2N3O7. The molecular weight excluding hydrogens is 540 g/mol. The lowest BCUT2D eigenvalue weighted by Gasteiger charge is -2.34. The number of benzene rings is 2. The summed E-state index contributed by atoms with van der Waals surface area (Å²) in [6.07, 6.45) is 0.997. The average molecular weight is 568 g/mol. The molecule has 3 aliphatic heterocycles. The highest BCUT2D eigenvalue weighted by Crippen LogP contribution is 2.33. The van der Waals surface area contributed by atoms with Gasteiger partial charge in [-0.15, -0.1) is 0 Å². The van der Waals surface area contributed by atoms with Crippen molar-refractivity contribution in [3.05, 3.63) is 83.6 Å². The highest BCUT2D eigenvalue weighted by molar-refractivity contribution is 5.90. The first-order chi connectivity index (χ1) is 20.0. The lowest BCUT2D eigenvalue weighted by atomic mass is 9.97. The van der Waals surface area contributed by atoms with E-state index in [1.165, 1.54) is 12.3 Å². The predicted molar refractivity (Wildman–Crippen MR) is 140 cm³/mol. The number of carbonyl (C=O) groups is 2. The maximum Gasteiger partial charge on any atom is 0.414 e. The van der Waals surface area contributed by atoms with Gasteiger partial charge in [-0.25, -0.2) is 13.6 Å². The maximum absolute atomic E-state index is 15.2. The molecule has 12 heteroatoms. The Labute approximate surface area is 234 Å². The zero-order valence-electron chi connectivity index (χ0n) is 21.9. The lowest BCUT2D eigenvalue weighted by Crippen LogP contribution is -2.45. The molecule has 10 nitrogen and oxygen atoms in total. The molecule has 1 aromatic heterocycles. The van der Waals surface area contributed by atoms with Crippen LogP contribution >= 0.6 is 0 Å². The Hall–Kier alpha value is -4.29. The molecule has 0 radical (unpaired) electrons. The minimum Gasteiger partial charge on any atom is -0.471 e. The molecule has 3 atom stereocenters. The van der Waals surface area contributed by atoms with Gasteiger partial charge in [-0.2, -0.15) is 0 Å². The second kappa shape index (κ2) is 11.7. The van der Waals surface area contributed by atoms with Crippen molar-refractivity contribution in [2.45, 2.75) is 31.3 Å². The van der Waals surface area contributed by atoms with Gasteiger partial charge in [-0.1, -0.05) is 36.4 Å². The van der Waals surface area contributed by atoms with Crippen LogP contribution in [0.15, 0.2) is 65.4 Å². The zero-order chi connectivity index (χ0) is 28.3. The van der Waals surface area contributed by atoms with E-state index >= 15 is 8.78 Å². The number of ether oxygens (including phenoxy) is 4. The molecule has 0 saturated carbocycles. The van der Waals surface area contributed by atoms with Crippen molar-refractivity contribution in [3.63, 3.8) is 0 Å². The average Bonchev–Trinajstić information content (AvgIpc) is 3.66. The van der Waals surface area contributed by atoms with Gasteiger partial charge in [0.2, 0.25) is 0 Å². The summed E-state index contributed by atoms with van der Waals surface area (Å²) in [5.41, 5.74) is 1.15. The van der Waals surface area contributed by atoms with Crippen LogP contribution in [0.25, 0.3) is 5.57 Å². The van der Waals surface area contributed by atoms with Crippen LogP contribution in [0.4, 0.5) is 19.3 Å². The third-order valence-corrected chi connectivity index (χ3v) is 7.17. The first-order valence-electron chi connectivity index (χ1n) is 13.3. The number of amides is 2. The fourth-order valence-electron chi connectivity index (χ4n) is 5.10. The Balaban J connectivity index is 1.09. The Bertz CT molecular complexity index is 1410. The lowest BCUT2D eigenvalue weighted by molar-refractivity contribution is -0.220. The van der Waals surface area contributed by atoms with E-state index < -0.39 is 36.2 Å². The van der Waals surface area contributed by atoms with Crippen molar-refractivity contribution in [2.24, 2.45) is 0 Å². The molecule has 0 N–H and O–H groups in total. The summed E-state index contributed by atoms with van der Waals surface area (Å²) >= 11 is 0. The highest BCUT2D eigenvalue weighted by Gasteiger charge is 2.35. The predicted octanol–water partition coefficient (Wildman–Crippen LogP) is 4.48. The van der Waals surface area contributed by atoms with Gasteiger partial charge in [-0.3, -0.25) is 9.69 Å². The largest absolute Gasteiger partial charge is 0.471 e. The molecule has 214 valence electrons. The van der Waals surface area contributed by atoms with Crippen LogP contribution in [0.5, 0.6) is 5.88 Å². The summed E-state index contributed by atoms with van der Waals surface area (Å²) in [7, 11) is 0. The number of halogens is 2. The number of hydrogen-bond donors (Lipinski definition) is 0. The van der Waals surface area contributed by atoms with Gasteiger partial charge in [0.05, 0.1) is 18.8 Å². The molecule has 41 heavy (non-hydrogen) atoms. The molecule has 2 fully saturated rings. The Morgan fingerprint density at radius 2 is 1.93 bits per heavy atom. The molecule has 2 saturated heterocycles. The van der Waals surface area contributed by atoms with Crippen LogP contribution in [-0.4, -0.2) is 67.1 Å². The molecule has 0 aliphatic carbocycles. The van der Waals surface area contributed by atoms with Crippen LogP contribution in [-0.2, 0) is 19.0 Å². The van der Waals surface area contributed by atoms with E-state index in [1.807, 2.05) is 30.3 Å². The van der Waals surface area contributed by atoms with E-state index in [0.717, 1.165) is 22.6 Å². The van der Waals surface area contributed by atoms with Crippen LogP contribution in [0.1, 0.15) is 30.3 Å². The third-order valence-electron chi connectivity index (χ3n) is 7.17. The topological polar surface area (TPSA) is 104 Å². The van der Waals surface area contributed by atoms with E-state index in [1.54, 1.807) is 11.0 Å². The number of hydrogen-bond acceptors (Lipinski definition) is 8. The third kappa shape index (κ3) is 5.79. The van der Waals surface area contributed by atoms with Gasteiger partial charge in [0.1, 0.15) is 30.6 Å². The van der Waals surface area contributed by atoms with Gasteiger partial charge in [-0.05, 0) is 29.3 Å². The monoisotopic (exact) mass is 567 g/mol. The number of nitrogens with zero attached hydrogens (tertiary/aromatic N) is 3. The second-order valence-electron chi connectivity index (χ2n) is 9.84. The van der Waals surface area contributed by atoms with E-state index in [4.69, 9.17) is 18.9 Å². The molecule has 2 unspecified atom stereocenters. The molecule has 2 amide bonds. The molecule has 0 spiro atoms. The molecule has 2 aromatic carbocycles. The number of anilines is 1. The number of carbonyl (C=O) groups excluding carboxylic acids is 2. The van der Waals surface area contributed by atoms with Gasteiger partial charge in [0.25, 0.3) is 11.8 Å². The van der Waals surface area contributed by atoms with E-state index in [9.17, 15) is 9.59 Å². The summed E-state index contributed by atoms with van der Waals surface area (Å²) in [6, 6.07) is 13.1. The normalized spacial score (nSPS) is 22.8. The van der Waals surface area contributed by atoms with Crippen molar-refractivity contribution in [3.8, 4) is 5.88 Å². The summed E-state index contributed by atoms with van der Waals surface area (Å²) in [5, 5.41) is 3.61. The fraction of sp³-hybridized carbons (Fsp3) is 0.345. The van der Waals surface area contributed by atoms with Crippen LogP contribution in [0.3, 0.4) is 0 Å². The summed E-state index contributed by atoms with van der Waals surface area (Å²) < 4.78 is 57.4. The van der Waals surface area contributed by atoms with Gasteiger partial charge >= 0.3 is 6.09 Å². The Morgan fingerprint density at radius 3 is 2.63 bits per heavy atom. The molecule has 4 heterocycles. The minimum absolute atomic E-state index is 0.00571. The summed E-state index contributed by atoms with van der Waals surface area (Å²) in [5.74, 6) is -1.56. The standard InChI is InChI=1S/C29H27F2N3O7/c30-22-14-20(34-16-21(40-29(34)36)17-38-25-9-13-39-32-25)15-23(31)26(22)18-6-10-33(11-7-18)27(35)24-8-12-37-28(41-24)19-4-2-1-3-5-19/h1-6,9,13-15,21,24,28H,7-8,10-12,16-17H2/t21-,24?,28?/m1/s1. The summed E-state index contributed by atoms with van der Waals surface area (Å²) in [6.45, 7) is 0.915. The van der Waals surface area contributed by atoms with E-state index in [2.05, 4.69) is 9.68 Å². The Morgan fingerprint density at radius 1 is 1.12 bits per heavy atom. The van der Waals surface area contributed by atoms with Crippen LogP contribution in [0.2, 0.25) is 0 Å². The van der Waals surface area contributed by atoms with Gasteiger partial charge < -0.3 is 28.4 Å². The molecule has 3 aliphatic rings. The molecule has 0 bridgehead atoms. The second-order valence-corrected chi connectivity index (χ2v) is 9.84. The van der Waals surface area contributed by atoms with Crippen molar-refractivity contribution in [1.82, 2.24) is 10.1 Å². The first-order valence-corrected chi connectivity index (χ1v) is 13.3. The SMILES string of the molecule is O=C(C1CCOC(c2ccccc2)O1)N1CC=C(c2c(F)cc(N3C[C@H](COc4ccon4)OC3=O)cc2F)CC1. The van der Waals surface area contributed by atoms with Gasteiger partial charge in [0.15, 0.2) is 12.4 Å². The molecule has 6 rings (SSSR count). The fourth-order valence-corrected chi connectivity index (χ4v) is 5.10. The number of cyclic esters (lactones) is 1. The van der Waals surface area contributed by atoms with E-state index in [0.29, 0.717) is 18.6 Å². The highest BCUT2D eigenvalue weighted by atomic mass is 19.1. The number of aromatic nitrogens is 1. The zero-order valence-corrected chi connectivity index (χ0v) is 21.9. The van der Waals surface area contributed by atoms with Gasteiger partial charge in [0, 0.05) is 36.7 Å². The quantitative estimate of drug-likeness (QED) is 0.412. The van der Waals surface area contributed by atoms with Crippen molar-refractivity contribution in [1.29, 1.82) is 0 Å². The van der Waals surface area contributed by atoms with Crippen LogP contribution < -0.4 is 9.64 Å². The first kappa shape index (κ1) is 26.9. The number of rotatable bonds is 7. The minimum atomic E-state index is -0.806. The smallest absolute Gasteiger partial charge is 0.414 e. The molecule has 3 aromatic rings. The summed E-state index contributed by atoms with van der Waals surface area (Å²) in [4.78, 5) is 28.3. The van der Waals surface area contributed by atoms with Crippen molar-refractivity contribution >= 4 is 23.3 Å². The maximum atomic E-state index is 15.2. The van der Waals surface area contributed by atoms with Crippen LogP contribution in [0, 0.1) is 11.6 Å². The Kier molecular flexibility index (Phi) is 7.66. The van der Waals surface area contributed by atoms with Crippen molar-refractivity contribution in [2.75, 3.05) is 37.7 Å². The van der Waals surface area contributed by atoms with E-state index in [-0.39, 0.29) is 55.7 Å².